The van der Waals surface area contributed by atoms with Crippen molar-refractivity contribution in [1.82, 2.24) is 14.3 Å². The minimum Gasteiger partial charge on any atom is -0.368 e. The van der Waals surface area contributed by atoms with Crippen molar-refractivity contribution in [2.75, 3.05) is 6.61 Å². The van der Waals surface area contributed by atoms with Gasteiger partial charge in [0, 0.05) is 11.8 Å². The summed E-state index contributed by atoms with van der Waals surface area (Å²) in [4.78, 5) is 30.4. The molecular weight excluding hydrogens is 586 g/mol. The summed E-state index contributed by atoms with van der Waals surface area (Å²) < 4.78 is 34.2. The van der Waals surface area contributed by atoms with Crippen molar-refractivity contribution in [2.24, 2.45) is 0 Å². The van der Waals surface area contributed by atoms with Gasteiger partial charge in [0.2, 0.25) is 5.78 Å². The molecule has 0 bridgehead atoms. The number of carbonyl (C=O) groups excluding carboxylic acids is 2. The van der Waals surface area contributed by atoms with Crippen molar-refractivity contribution < 1.29 is 22.7 Å². The van der Waals surface area contributed by atoms with Crippen molar-refractivity contribution in [3.05, 3.63) is 137 Å². The number of aromatic nitrogens is 2. The maximum Gasteiger partial charge on any atom is 0.264 e. The van der Waals surface area contributed by atoms with Crippen LogP contribution in [0.3, 0.4) is 0 Å². The van der Waals surface area contributed by atoms with Crippen LogP contribution >= 0.6 is 0 Å². The molecule has 1 N–H and O–H groups in total. The second-order valence-electron chi connectivity index (χ2n) is 10.5. The van der Waals surface area contributed by atoms with E-state index in [-0.39, 0.29) is 17.3 Å². The number of aryl methyl sites for hydroxylation is 1. The summed E-state index contributed by atoms with van der Waals surface area (Å²) in [5.41, 5.74) is 5.12. The Labute approximate surface area is 262 Å². The van der Waals surface area contributed by atoms with Gasteiger partial charge in [0.05, 0.1) is 22.5 Å². The molecule has 0 aliphatic rings. The first kappa shape index (κ1) is 31.3. The van der Waals surface area contributed by atoms with Gasteiger partial charge in [-0.3, -0.25) is 14.2 Å². The second-order valence-corrected chi connectivity index (χ2v) is 12.1. The van der Waals surface area contributed by atoms with E-state index in [2.05, 4.69) is 9.71 Å². The molecule has 1 atom stereocenters. The fourth-order valence-corrected chi connectivity index (χ4v) is 5.66. The normalized spacial score (nSPS) is 12.6. The third kappa shape index (κ3) is 7.89. The van der Waals surface area contributed by atoms with Crippen molar-refractivity contribution in [1.29, 1.82) is 0 Å². The van der Waals surface area contributed by atoms with Crippen LogP contribution in [-0.4, -0.2) is 42.4 Å². The number of hydrogen-bond donors (Lipinski definition) is 1. The van der Waals surface area contributed by atoms with E-state index in [1.54, 1.807) is 18.2 Å². The zero-order valence-electron chi connectivity index (χ0n) is 25.0. The molecule has 1 amide bonds. The number of benzene rings is 4. The van der Waals surface area contributed by atoms with Crippen LogP contribution in [0, 0.1) is 6.92 Å². The number of sulfonamides is 1. The van der Waals surface area contributed by atoms with Gasteiger partial charge in [-0.2, -0.15) is 0 Å². The molecule has 1 heterocycles. The number of hydrogen-bond acceptors (Lipinski definition) is 6. The average Bonchev–Trinajstić information content (AvgIpc) is 3.42. The third-order valence-electron chi connectivity index (χ3n) is 7.06. The summed E-state index contributed by atoms with van der Waals surface area (Å²) in [5, 5.41) is 0. The van der Waals surface area contributed by atoms with Crippen molar-refractivity contribution >= 4 is 51.1 Å². The Morgan fingerprint density at radius 1 is 0.889 bits per heavy atom. The zero-order valence-corrected chi connectivity index (χ0v) is 25.8. The first-order valence-corrected chi connectivity index (χ1v) is 16.0. The summed E-state index contributed by atoms with van der Waals surface area (Å²) in [7, 11) is -3.95. The number of rotatable bonds is 12. The zero-order chi connectivity index (χ0) is 31.8. The lowest BCUT2D eigenvalue weighted by molar-refractivity contribution is -0.129. The molecule has 1 aromatic heterocycles. The summed E-state index contributed by atoms with van der Waals surface area (Å²) in [6.45, 7) is 3.73. The van der Waals surface area contributed by atoms with Gasteiger partial charge in [-0.1, -0.05) is 90.5 Å². The van der Waals surface area contributed by atoms with Gasteiger partial charge in [0.1, 0.15) is 6.10 Å². The number of carbonyl (C=O) groups is 2. The van der Waals surface area contributed by atoms with Gasteiger partial charge < -0.3 is 4.74 Å². The smallest absolute Gasteiger partial charge is 0.264 e. The van der Waals surface area contributed by atoms with Crippen LogP contribution in [0.25, 0.3) is 29.4 Å². The Bertz CT molecular complexity index is 1980. The second kappa shape index (κ2) is 14.1. The third-order valence-corrected chi connectivity index (χ3v) is 8.42. The predicted octanol–water partition coefficient (Wildman–Crippen LogP) is 6.52. The maximum absolute atomic E-state index is 13.4. The molecule has 45 heavy (non-hydrogen) atoms. The highest BCUT2D eigenvalue weighted by atomic mass is 32.2. The number of nitrogens with one attached hydrogen (secondary N) is 1. The van der Waals surface area contributed by atoms with Crippen molar-refractivity contribution in [3.8, 4) is 0 Å². The molecule has 0 aliphatic carbocycles. The number of imidazole rings is 1. The van der Waals surface area contributed by atoms with Crippen molar-refractivity contribution in [2.45, 2.75) is 31.3 Å². The van der Waals surface area contributed by atoms with E-state index < -0.39 is 22.0 Å². The lowest BCUT2D eigenvalue weighted by Gasteiger charge is -2.13. The number of ether oxygens (including phenoxy) is 1. The largest absolute Gasteiger partial charge is 0.368 e. The lowest BCUT2D eigenvalue weighted by atomic mass is 10.1. The Morgan fingerprint density at radius 3 is 2.33 bits per heavy atom. The van der Waals surface area contributed by atoms with Crippen LogP contribution in [0.1, 0.15) is 46.2 Å². The molecule has 0 radical (unpaired) electrons. The molecule has 0 spiro atoms. The van der Waals surface area contributed by atoms with Gasteiger partial charge in [-0.05, 0) is 67.8 Å². The Balaban J connectivity index is 1.21. The molecule has 4 aromatic carbocycles. The predicted molar refractivity (Wildman–Crippen MR) is 177 cm³/mol. The summed E-state index contributed by atoms with van der Waals surface area (Å²) in [5.74, 6) is -0.538. The molecule has 8 nitrogen and oxygen atoms in total. The summed E-state index contributed by atoms with van der Waals surface area (Å²) in [6, 6.07) is 30.7. The van der Waals surface area contributed by atoms with Crippen LogP contribution in [0.5, 0.6) is 0 Å². The van der Waals surface area contributed by atoms with Gasteiger partial charge in [0.25, 0.3) is 15.9 Å². The molecule has 9 heteroatoms. The SMILES string of the molecule is Cc1ccc(C(=O)c2nc3ccccc3n2C=Cc2cccc(C=CCCO[C@@H](C)C(=O)NS(=O)(=O)c3ccccc3)c2)cc1. The molecule has 0 fully saturated rings. The Hall–Kier alpha value is -5.12. The molecule has 5 aromatic rings. The van der Waals surface area contributed by atoms with Crippen LogP contribution in [0.15, 0.2) is 114 Å². The number of fused-ring (bicyclic) bond motifs is 1. The minimum atomic E-state index is -3.95. The topological polar surface area (TPSA) is 107 Å². The van der Waals surface area contributed by atoms with Crippen LogP contribution in [-0.2, 0) is 19.6 Å². The molecule has 0 saturated heterocycles. The number of para-hydroxylation sites is 2. The molecule has 228 valence electrons. The van der Waals surface area contributed by atoms with E-state index in [1.807, 2.05) is 109 Å². The Kier molecular flexibility index (Phi) is 9.82. The van der Waals surface area contributed by atoms with E-state index in [0.717, 1.165) is 27.7 Å². The standard InChI is InChI=1S/C36H33N3O5S/c1-26-18-20-30(21-19-26)34(40)35-37-32-16-6-7-17-33(32)39(35)23-22-29-13-10-12-28(25-29)11-8-9-24-44-27(2)36(41)38-45(42,43)31-14-4-3-5-15-31/h3-8,10-23,25,27H,9,24H2,1-2H3,(H,38,41)/t27-/m0/s1. The monoisotopic (exact) mass is 619 g/mol. The summed E-state index contributed by atoms with van der Waals surface area (Å²) in [6.07, 6.45) is 7.25. The molecule has 0 aliphatic heterocycles. The van der Waals surface area contributed by atoms with E-state index in [0.29, 0.717) is 17.8 Å². The molecular formula is C36H33N3O5S. The van der Waals surface area contributed by atoms with Gasteiger partial charge >= 0.3 is 0 Å². The van der Waals surface area contributed by atoms with E-state index >= 15 is 0 Å². The van der Waals surface area contributed by atoms with E-state index in [4.69, 9.17) is 4.74 Å². The fraction of sp³-hybridized carbons (Fsp3) is 0.139. The van der Waals surface area contributed by atoms with E-state index in [1.165, 1.54) is 19.1 Å². The number of nitrogens with zero attached hydrogens (tertiary/aromatic N) is 2. The van der Waals surface area contributed by atoms with Gasteiger partial charge in [0.15, 0.2) is 5.82 Å². The number of amides is 1. The fourth-order valence-electron chi connectivity index (χ4n) is 4.60. The Morgan fingerprint density at radius 2 is 1.58 bits per heavy atom. The van der Waals surface area contributed by atoms with E-state index in [9.17, 15) is 18.0 Å². The molecule has 0 unspecified atom stereocenters. The maximum atomic E-state index is 13.4. The van der Waals surface area contributed by atoms with Crippen LogP contribution in [0.2, 0.25) is 0 Å². The quantitative estimate of drug-likeness (QED) is 0.126. The van der Waals surface area contributed by atoms with Gasteiger partial charge in [-0.15, -0.1) is 0 Å². The molecule has 0 saturated carbocycles. The highest BCUT2D eigenvalue weighted by molar-refractivity contribution is 7.90. The lowest BCUT2D eigenvalue weighted by Crippen LogP contribution is -2.38. The first-order valence-electron chi connectivity index (χ1n) is 14.5. The van der Waals surface area contributed by atoms with Crippen molar-refractivity contribution in [3.63, 3.8) is 0 Å². The average molecular weight is 620 g/mol. The minimum absolute atomic E-state index is 0.0140. The number of ketones is 1. The first-order chi connectivity index (χ1) is 21.7. The van der Waals surface area contributed by atoms with Gasteiger partial charge in [-0.25, -0.2) is 18.1 Å². The van der Waals surface area contributed by atoms with Crippen LogP contribution in [0.4, 0.5) is 0 Å². The molecule has 5 rings (SSSR count). The highest BCUT2D eigenvalue weighted by Gasteiger charge is 2.22. The highest BCUT2D eigenvalue weighted by Crippen LogP contribution is 2.21. The van der Waals surface area contributed by atoms with Crippen LogP contribution < -0.4 is 4.72 Å². The summed E-state index contributed by atoms with van der Waals surface area (Å²) >= 11 is 0.